The van der Waals surface area contributed by atoms with E-state index in [1.165, 1.54) is 0 Å². The number of fused-ring (bicyclic) bond motifs is 1. The van der Waals surface area contributed by atoms with Gasteiger partial charge in [-0.2, -0.15) is 0 Å². The first-order valence-corrected chi connectivity index (χ1v) is 4.73. The molecule has 0 spiro atoms. The zero-order chi connectivity index (χ0) is 11.1. The molecule has 0 amide bonds. The van der Waals surface area contributed by atoms with E-state index in [4.69, 9.17) is 19.7 Å². The summed E-state index contributed by atoms with van der Waals surface area (Å²) in [5, 5.41) is 13.3. The Labute approximate surface area is 86.6 Å². The van der Waals surface area contributed by atoms with Crippen molar-refractivity contribution >= 4 is 0 Å². The van der Waals surface area contributed by atoms with Crippen LogP contribution in [0.15, 0.2) is 5.11 Å². The third kappa shape index (κ3) is 1.92. The zero-order valence-electron chi connectivity index (χ0n) is 8.53. The van der Waals surface area contributed by atoms with Crippen LogP contribution in [-0.2, 0) is 14.2 Å². The molecule has 0 aromatic carbocycles. The smallest absolute Gasteiger partial charge is 0.189 e. The first kappa shape index (κ1) is 10.7. The molecule has 2 saturated heterocycles. The quantitative estimate of drug-likeness (QED) is 0.392. The molecule has 2 fully saturated rings. The fraction of sp³-hybridized carbons (Fsp3) is 1.00. The Morgan fingerprint density at radius 1 is 1.47 bits per heavy atom. The van der Waals surface area contributed by atoms with Crippen molar-refractivity contribution in [3.8, 4) is 0 Å². The van der Waals surface area contributed by atoms with E-state index < -0.39 is 30.3 Å². The molecule has 84 valence electrons. The third-order valence-corrected chi connectivity index (χ3v) is 2.45. The molecular formula is C8H13N3O4. The van der Waals surface area contributed by atoms with Crippen molar-refractivity contribution in [2.45, 2.75) is 44.2 Å². The number of hydrogen-bond donors (Lipinski definition) is 1. The van der Waals surface area contributed by atoms with Crippen LogP contribution in [0.5, 0.6) is 0 Å². The third-order valence-electron chi connectivity index (χ3n) is 2.45. The minimum Gasteiger partial charge on any atom is -0.390 e. The van der Waals surface area contributed by atoms with Crippen molar-refractivity contribution in [3.05, 3.63) is 10.4 Å². The Hall–Kier alpha value is -0.850. The molecule has 0 bridgehead atoms. The molecule has 0 aliphatic carbocycles. The standard InChI is InChI=1S/C8H13N3O4/c1-8(2)14-6-5(12)4(10-11-9)3-13-7(6)15-8/h4-7,12H,3H2,1-2H3/t4-,5+,6-,7-/m1/s1. The maximum Gasteiger partial charge on any atom is 0.189 e. The van der Waals surface area contributed by atoms with Crippen molar-refractivity contribution < 1.29 is 19.3 Å². The van der Waals surface area contributed by atoms with E-state index in [0.29, 0.717) is 0 Å². The summed E-state index contributed by atoms with van der Waals surface area (Å²) in [4.78, 5) is 2.65. The molecule has 2 heterocycles. The highest BCUT2D eigenvalue weighted by Crippen LogP contribution is 2.34. The Balaban J connectivity index is 2.12. The molecule has 15 heavy (non-hydrogen) atoms. The van der Waals surface area contributed by atoms with Crippen LogP contribution in [0.2, 0.25) is 0 Å². The van der Waals surface area contributed by atoms with Crippen LogP contribution in [0.4, 0.5) is 0 Å². The minimum absolute atomic E-state index is 0.145. The van der Waals surface area contributed by atoms with Crippen molar-refractivity contribution in [1.29, 1.82) is 0 Å². The number of nitrogens with zero attached hydrogens (tertiary/aromatic N) is 3. The van der Waals surface area contributed by atoms with Gasteiger partial charge in [-0.15, -0.1) is 0 Å². The van der Waals surface area contributed by atoms with E-state index >= 15 is 0 Å². The average Bonchev–Trinajstić information content (AvgIpc) is 2.46. The number of rotatable bonds is 1. The first-order chi connectivity index (χ1) is 7.03. The summed E-state index contributed by atoms with van der Waals surface area (Å²) < 4.78 is 16.2. The highest BCUT2D eigenvalue weighted by atomic mass is 16.8. The van der Waals surface area contributed by atoms with Crippen LogP contribution in [0.3, 0.4) is 0 Å². The molecule has 2 aliphatic rings. The van der Waals surface area contributed by atoms with Crippen LogP contribution >= 0.6 is 0 Å². The van der Waals surface area contributed by atoms with E-state index in [1.807, 2.05) is 0 Å². The lowest BCUT2D eigenvalue weighted by atomic mass is 10.0. The zero-order valence-corrected chi connectivity index (χ0v) is 8.53. The van der Waals surface area contributed by atoms with Gasteiger partial charge in [0.15, 0.2) is 12.1 Å². The molecular weight excluding hydrogens is 202 g/mol. The molecule has 0 saturated carbocycles. The van der Waals surface area contributed by atoms with Gasteiger partial charge in [0, 0.05) is 4.91 Å². The summed E-state index contributed by atoms with van der Waals surface area (Å²) in [7, 11) is 0. The monoisotopic (exact) mass is 215 g/mol. The van der Waals surface area contributed by atoms with Gasteiger partial charge in [-0.3, -0.25) is 0 Å². The molecule has 0 aromatic rings. The van der Waals surface area contributed by atoms with E-state index in [1.54, 1.807) is 13.8 Å². The Morgan fingerprint density at radius 2 is 2.20 bits per heavy atom. The molecule has 0 unspecified atom stereocenters. The predicted octanol–water partition coefficient (Wildman–Crippen LogP) is 0.534. The van der Waals surface area contributed by atoms with Gasteiger partial charge < -0.3 is 19.3 Å². The average molecular weight is 215 g/mol. The van der Waals surface area contributed by atoms with Gasteiger partial charge in [-0.1, -0.05) is 5.11 Å². The van der Waals surface area contributed by atoms with Crippen LogP contribution < -0.4 is 0 Å². The van der Waals surface area contributed by atoms with Gasteiger partial charge in [0.1, 0.15) is 6.10 Å². The van der Waals surface area contributed by atoms with Crippen LogP contribution in [-0.4, -0.2) is 42.0 Å². The summed E-state index contributed by atoms with van der Waals surface area (Å²) in [6.45, 7) is 3.62. The van der Waals surface area contributed by atoms with Crippen molar-refractivity contribution in [2.24, 2.45) is 5.11 Å². The largest absolute Gasteiger partial charge is 0.390 e. The summed E-state index contributed by atoms with van der Waals surface area (Å²) in [6, 6.07) is -0.617. The summed E-state index contributed by atoms with van der Waals surface area (Å²) in [6.07, 6.45) is -2.06. The lowest BCUT2D eigenvalue weighted by Crippen LogP contribution is -2.50. The number of ether oxygens (including phenoxy) is 3. The van der Waals surface area contributed by atoms with E-state index in [-0.39, 0.29) is 6.61 Å². The molecule has 7 heteroatoms. The molecule has 0 radical (unpaired) electrons. The lowest BCUT2D eigenvalue weighted by Gasteiger charge is -2.31. The normalized spacial score (nSPS) is 43.1. The van der Waals surface area contributed by atoms with Crippen molar-refractivity contribution in [1.82, 2.24) is 0 Å². The topological polar surface area (TPSA) is 96.7 Å². The summed E-state index contributed by atoms with van der Waals surface area (Å²) in [5.41, 5.74) is 8.30. The summed E-state index contributed by atoms with van der Waals surface area (Å²) >= 11 is 0. The van der Waals surface area contributed by atoms with E-state index in [9.17, 15) is 5.11 Å². The van der Waals surface area contributed by atoms with Gasteiger partial charge in [0.05, 0.1) is 18.8 Å². The Morgan fingerprint density at radius 3 is 2.87 bits per heavy atom. The molecule has 1 N–H and O–H groups in total. The number of aliphatic hydroxyl groups excluding tert-OH is 1. The molecule has 0 aromatic heterocycles. The first-order valence-electron chi connectivity index (χ1n) is 4.73. The molecule has 2 rings (SSSR count). The van der Waals surface area contributed by atoms with Crippen LogP contribution in [0, 0.1) is 0 Å². The highest BCUT2D eigenvalue weighted by molar-refractivity contribution is 4.92. The Kier molecular flexibility index (Phi) is 2.57. The Bertz CT molecular complexity index is 302. The van der Waals surface area contributed by atoms with Gasteiger partial charge in [-0.25, -0.2) is 0 Å². The number of aliphatic hydroxyl groups is 1. The van der Waals surface area contributed by atoms with Gasteiger partial charge in [-0.05, 0) is 19.4 Å². The predicted molar refractivity (Wildman–Crippen MR) is 48.7 cm³/mol. The van der Waals surface area contributed by atoms with Crippen LogP contribution in [0.25, 0.3) is 10.4 Å². The maximum absolute atomic E-state index is 9.85. The van der Waals surface area contributed by atoms with E-state index in [0.717, 1.165) is 0 Å². The highest BCUT2D eigenvalue weighted by Gasteiger charge is 2.50. The molecule has 2 aliphatic heterocycles. The second-order valence-electron chi connectivity index (χ2n) is 4.06. The second kappa shape index (κ2) is 3.62. The number of hydrogen-bond acceptors (Lipinski definition) is 5. The van der Waals surface area contributed by atoms with Crippen LogP contribution in [0.1, 0.15) is 13.8 Å². The minimum atomic E-state index is -0.888. The van der Waals surface area contributed by atoms with Gasteiger partial charge in [0.25, 0.3) is 0 Å². The van der Waals surface area contributed by atoms with Gasteiger partial charge >= 0.3 is 0 Å². The molecule has 4 atom stereocenters. The fourth-order valence-corrected chi connectivity index (χ4v) is 1.80. The van der Waals surface area contributed by atoms with Crippen molar-refractivity contribution in [2.75, 3.05) is 6.61 Å². The maximum atomic E-state index is 9.85. The lowest BCUT2D eigenvalue weighted by molar-refractivity contribution is -0.197. The van der Waals surface area contributed by atoms with E-state index in [2.05, 4.69) is 10.0 Å². The number of azide groups is 1. The second-order valence-corrected chi connectivity index (χ2v) is 4.06. The fourth-order valence-electron chi connectivity index (χ4n) is 1.80. The molecule has 7 nitrogen and oxygen atoms in total. The SMILES string of the molecule is CC1(C)O[C@H]2OC[C@@H](N=[N+]=[N-])[C@H](O)[C@H]2O1. The summed E-state index contributed by atoms with van der Waals surface area (Å²) in [5.74, 6) is -0.776. The van der Waals surface area contributed by atoms with Crippen molar-refractivity contribution in [3.63, 3.8) is 0 Å². The van der Waals surface area contributed by atoms with Gasteiger partial charge in [0.2, 0.25) is 0 Å².